The molecule has 1 aliphatic heterocycles. The van der Waals surface area contributed by atoms with E-state index in [1.807, 2.05) is 66.7 Å². The molecule has 1 saturated heterocycles. The number of thioether (sulfide) groups is 1. The molecule has 9 heteroatoms. The first-order chi connectivity index (χ1) is 16.1. The summed E-state index contributed by atoms with van der Waals surface area (Å²) in [4.78, 5) is 44.8. The molecule has 2 aromatic carbocycles. The molecule has 166 valence electrons. The van der Waals surface area contributed by atoms with Gasteiger partial charge in [-0.3, -0.25) is 19.1 Å². The Morgan fingerprint density at radius 1 is 1.00 bits per heavy atom. The highest BCUT2D eigenvalue weighted by atomic mass is 32.2. The van der Waals surface area contributed by atoms with E-state index in [0.717, 1.165) is 16.1 Å². The van der Waals surface area contributed by atoms with Crippen LogP contribution in [0.2, 0.25) is 0 Å². The lowest BCUT2D eigenvalue weighted by molar-refractivity contribution is -0.124. The topological polar surface area (TPSA) is 84.3 Å². The molecule has 1 aliphatic rings. The lowest BCUT2D eigenvalue weighted by atomic mass is 10.2. The number of benzene rings is 2. The number of hydrogen-bond donors (Lipinski definition) is 1. The monoisotopic (exact) mass is 476 g/mol. The maximum Gasteiger partial charge on any atom is 0.324 e. The van der Waals surface area contributed by atoms with Crippen LogP contribution >= 0.6 is 23.1 Å². The van der Waals surface area contributed by atoms with Crippen molar-refractivity contribution in [3.05, 3.63) is 77.1 Å². The number of para-hydroxylation sites is 1. The van der Waals surface area contributed by atoms with Gasteiger partial charge in [-0.2, -0.15) is 0 Å². The van der Waals surface area contributed by atoms with Gasteiger partial charge in [0.05, 0.1) is 17.6 Å². The van der Waals surface area contributed by atoms with Gasteiger partial charge in [-0.05, 0) is 30.2 Å². The number of hydrogen-bond acceptors (Lipinski definition) is 6. The number of carbonyl (C=O) groups is 2. The van der Waals surface area contributed by atoms with Gasteiger partial charge in [-0.15, -0.1) is 11.3 Å². The van der Waals surface area contributed by atoms with E-state index in [2.05, 4.69) is 5.32 Å². The van der Waals surface area contributed by atoms with Crippen LogP contribution in [-0.2, 0) is 4.79 Å². The van der Waals surface area contributed by atoms with Gasteiger partial charge in [0, 0.05) is 17.2 Å². The van der Waals surface area contributed by atoms with Crippen molar-refractivity contribution in [1.29, 1.82) is 0 Å². The predicted molar refractivity (Wildman–Crippen MR) is 131 cm³/mol. The van der Waals surface area contributed by atoms with Gasteiger partial charge in [0.15, 0.2) is 5.16 Å². The van der Waals surface area contributed by atoms with E-state index >= 15 is 0 Å². The summed E-state index contributed by atoms with van der Waals surface area (Å²) in [7, 11) is 0. The fourth-order valence-electron chi connectivity index (χ4n) is 3.68. The van der Waals surface area contributed by atoms with Crippen LogP contribution in [0.15, 0.2) is 76.7 Å². The second-order valence-corrected chi connectivity index (χ2v) is 9.56. The highest BCUT2D eigenvalue weighted by molar-refractivity contribution is 7.99. The Labute approximate surface area is 198 Å². The third-order valence-corrected chi connectivity index (χ3v) is 7.40. The smallest absolute Gasteiger partial charge is 0.324 e. The first-order valence-corrected chi connectivity index (χ1v) is 12.3. The van der Waals surface area contributed by atoms with Gasteiger partial charge >= 0.3 is 6.03 Å². The van der Waals surface area contributed by atoms with Crippen molar-refractivity contribution in [3.63, 3.8) is 0 Å². The standard InChI is InChI=1S/C24H20N4O3S2/c29-20-15-25-23(31)27(20)12-7-13-32-24-26-21-18(14-19(33-21)16-8-3-1-4-9-16)22(30)28(24)17-10-5-2-6-11-17/h1-6,8-11,14H,7,12-13,15H2,(H,25,31). The second-order valence-electron chi connectivity index (χ2n) is 7.47. The van der Waals surface area contributed by atoms with Crippen LogP contribution in [-0.4, -0.2) is 45.2 Å². The van der Waals surface area contributed by atoms with Gasteiger partial charge in [-0.25, -0.2) is 9.78 Å². The number of imide groups is 1. The van der Waals surface area contributed by atoms with Crippen LogP contribution in [0, 0.1) is 0 Å². The van der Waals surface area contributed by atoms with Crippen LogP contribution in [0.1, 0.15) is 6.42 Å². The maximum absolute atomic E-state index is 13.5. The van der Waals surface area contributed by atoms with Gasteiger partial charge in [0.25, 0.3) is 5.56 Å². The van der Waals surface area contributed by atoms with E-state index in [1.54, 1.807) is 4.57 Å². The summed E-state index contributed by atoms with van der Waals surface area (Å²) in [5, 5.41) is 3.71. The quantitative estimate of drug-likeness (QED) is 0.188. The van der Waals surface area contributed by atoms with E-state index < -0.39 is 0 Å². The molecule has 0 bridgehead atoms. The fourth-order valence-corrected chi connectivity index (χ4v) is 5.69. The minimum absolute atomic E-state index is 0.0554. The highest BCUT2D eigenvalue weighted by Crippen LogP contribution is 2.32. The average molecular weight is 477 g/mol. The van der Waals surface area contributed by atoms with Crippen molar-refractivity contribution in [2.24, 2.45) is 0 Å². The number of nitrogens with one attached hydrogen (secondary N) is 1. The largest absolute Gasteiger partial charge is 0.329 e. The van der Waals surface area contributed by atoms with Crippen molar-refractivity contribution in [1.82, 2.24) is 19.8 Å². The van der Waals surface area contributed by atoms with Crippen molar-refractivity contribution < 1.29 is 9.59 Å². The van der Waals surface area contributed by atoms with Gasteiger partial charge in [0.2, 0.25) is 5.91 Å². The lowest BCUT2D eigenvalue weighted by Crippen LogP contribution is -2.32. The molecule has 4 aromatic rings. The molecule has 3 heterocycles. The lowest BCUT2D eigenvalue weighted by Gasteiger charge is -2.13. The van der Waals surface area contributed by atoms with Gasteiger partial charge < -0.3 is 5.32 Å². The number of urea groups is 1. The Morgan fingerprint density at radius 2 is 1.73 bits per heavy atom. The maximum atomic E-state index is 13.5. The van der Waals surface area contributed by atoms with Crippen LogP contribution in [0.3, 0.4) is 0 Å². The molecule has 1 fully saturated rings. The zero-order valence-electron chi connectivity index (χ0n) is 17.6. The Hall–Kier alpha value is -3.43. The molecular weight excluding hydrogens is 456 g/mol. The summed E-state index contributed by atoms with van der Waals surface area (Å²) in [6, 6.07) is 21.0. The zero-order chi connectivity index (χ0) is 22.8. The molecule has 2 aromatic heterocycles. The third kappa shape index (κ3) is 4.29. The number of fused-ring (bicyclic) bond motifs is 1. The van der Waals surface area contributed by atoms with Crippen molar-refractivity contribution in [2.45, 2.75) is 11.6 Å². The molecule has 5 rings (SSSR count). The summed E-state index contributed by atoms with van der Waals surface area (Å²) in [6.45, 7) is 0.395. The normalized spacial score (nSPS) is 13.6. The number of amides is 3. The third-order valence-electron chi connectivity index (χ3n) is 5.30. The summed E-state index contributed by atoms with van der Waals surface area (Å²) >= 11 is 2.95. The molecule has 0 aliphatic carbocycles. The van der Waals surface area contributed by atoms with E-state index in [9.17, 15) is 14.4 Å². The summed E-state index contributed by atoms with van der Waals surface area (Å²) in [6.07, 6.45) is 0.603. The van der Waals surface area contributed by atoms with Crippen molar-refractivity contribution in [2.75, 3.05) is 18.8 Å². The van der Waals surface area contributed by atoms with Crippen LogP contribution in [0.25, 0.3) is 26.3 Å². The zero-order valence-corrected chi connectivity index (χ0v) is 19.2. The number of aromatic nitrogens is 2. The SMILES string of the molecule is O=C1CNC(=O)N1CCCSc1nc2sc(-c3ccccc3)cc2c(=O)n1-c1ccccc1. The first kappa shape index (κ1) is 21.4. The van der Waals surface area contributed by atoms with Crippen molar-refractivity contribution in [3.8, 4) is 16.1 Å². The molecular formula is C24H20N4O3S2. The van der Waals surface area contributed by atoms with Crippen molar-refractivity contribution >= 4 is 45.3 Å². The molecule has 0 atom stereocenters. The summed E-state index contributed by atoms with van der Waals surface area (Å²) in [5.74, 6) is 0.399. The molecule has 3 amide bonds. The Kier molecular flexibility index (Phi) is 5.97. The summed E-state index contributed by atoms with van der Waals surface area (Å²) in [5.41, 5.74) is 1.69. The molecule has 0 saturated carbocycles. The minimum Gasteiger partial charge on any atom is -0.329 e. The number of rotatable bonds is 7. The fraction of sp³-hybridized carbons (Fsp3) is 0.167. The van der Waals surface area contributed by atoms with E-state index in [4.69, 9.17) is 4.98 Å². The molecule has 0 unspecified atom stereocenters. The van der Waals surface area contributed by atoms with E-state index in [1.165, 1.54) is 28.0 Å². The number of thiophene rings is 1. The van der Waals surface area contributed by atoms with Gasteiger partial charge in [-0.1, -0.05) is 60.3 Å². The Morgan fingerprint density at radius 3 is 2.42 bits per heavy atom. The first-order valence-electron chi connectivity index (χ1n) is 10.5. The minimum atomic E-state index is -0.349. The van der Waals surface area contributed by atoms with Crippen LogP contribution in [0.4, 0.5) is 4.79 Å². The van der Waals surface area contributed by atoms with Gasteiger partial charge in [0.1, 0.15) is 4.83 Å². The Bertz CT molecular complexity index is 1370. The van der Waals surface area contributed by atoms with Crippen LogP contribution < -0.4 is 10.9 Å². The molecule has 0 radical (unpaired) electrons. The number of carbonyl (C=O) groups excluding carboxylic acids is 2. The highest BCUT2D eigenvalue weighted by Gasteiger charge is 2.27. The van der Waals surface area contributed by atoms with Crippen LogP contribution in [0.5, 0.6) is 0 Å². The number of nitrogens with zero attached hydrogens (tertiary/aromatic N) is 3. The molecule has 1 N–H and O–H groups in total. The summed E-state index contributed by atoms with van der Waals surface area (Å²) < 4.78 is 1.64. The molecule has 7 nitrogen and oxygen atoms in total. The Balaban J connectivity index is 1.47. The van der Waals surface area contributed by atoms with E-state index in [0.29, 0.717) is 34.1 Å². The van der Waals surface area contributed by atoms with E-state index in [-0.39, 0.29) is 24.0 Å². The second kappa shape index (κ2) is 9.21. The average Bonchev–Trinajstić information content (AvgIpc) is 3.41. The molecule has 33 heavy (non-hydrogen) atoms. The molecule has 0 spiro atoms. The predicted octanol–water partition coefficient (Wildman–Crippen LogP) is 4.15.